The third-order valence-corrected chi connectivity index (χ3v) is 6.57. The summed E-state index contributed by atoms with van der Waals surface area (Å²) >= 11 is 1.87. The van der Waals surface area contributed by atoms with Crippen LogP contribution >= 0.6 is 11.8 Å². The first-order chi connectivity index (χ1) is 13.8. The Hall–Kier alpha value is -2.50. The monoisotopic (exact) mass is 421 g/mol. The number of rotatable bonds is 3. The summed E-state index contributed by atoms with van der Waals surface area (Å²) in [6.07, 6.45) is 3.32. The largest absolute Gasteiger partial charge is 0.284 e. The zero-order valence-electron chi connectivity index (χ0n) is 16.7. The van der Waals surface area contributed by atoms with Crippen molar-refractivity contribution in [1.82, 2.24) is 0 Å². The molecule has 3 aromatic carbocycles. The first-order valence-corrected chi connectivity index (χ1v) is 12.3. The summed E-state index contributed by atoms with van der Waals surface area (Å²) < 4.78 is 25.8. The first kappa shape index (κ1) is 19.8. The van der Waals surface area contributed by atoms with Crippen LogP contribution in [0.2, 0.25) is 0 Å². The van der Waals surface area contributed by atoms with E-state index in [1.165, 1.54) is 32.7 Å². The molecule has 148 valence electrons. The van der Waals surface area contributed by atoms with Crippen molar-refractivity contribution in [3.05, 3.63) is 94.0 Å². The molecule has 1 N–H and O–H groups in total. The smallest absolute Gasteiger partial charge is 0.229 e. The van der Waals surface area contributed by atoms with Crippen molar-refractivity contribution in [3.63, 3.8) is 0 Å². The van der Waals surface area contributed by atoms with Gasteiger partial charge in [-0.2, -0.15) is 0 Å². The van der Waals surface area contributed by atoms with Gasteiger partial charge in [0.1, 0.15) is 0 Å². The van der Waals surface area contributed by atoms with Crippen molar-refractivity contribution in [3.8, 4) is 0 Å². The topological polar surface area (TPSA) is 46.2 Å². The van der Waals surface area contributed by atoms with Crippen LogP contribution in [0.15, 0.2) is 65.6 Å². The molecule has 4 rings (SSSR count). The minimum atomic E-state index is -3.31. The SMILES string of the molecule is Cc1ccc2c(c1)CSc1cc(C)ccc1/C2=C\c1cccc(NS(C)(=O)=O)c1. The number of sulfonamides is 1. The van der Waals surface area contributed by atoms with E-state index in [0.29, 0.717) is 5.69 Å². The van der Waals surface area contributed by atoms with Gasteiger partial charge in [0.15, 0.2) is 0 Å². The lowest BCUT2D eigenvalue weighted by Gasteiger charge is -2.13. The molecule has 3 nitrogen and oxygen atoms in total. The lowest BCUT2D eigenvalue weighted by atomic mass is 9.91. The van der Waals surface area contributed by atoms with E-state index < -0.39 is 10.0 Å². The predicted octanol–water partition coefficient (Wildman–Crippen LogP) is 5.87. The lowest BCUT2D eigenvalue weighted by molar-refractivity contribution is 0.607. The molecular weight excluding hydrogens is 398 g/mol. The minimum Gasteiger partial charge on any atom is -0.284 e. The summed E-state index contributed by atoms with van der Waals surface area (Å²) in [5.41, 5.74) is 8.95. The summed E-state index contributed by atoms with van der Waals surface area (Å²) in [5, 5.41) is 0. The van der Waals surface area contributed by atoms with E-state index in [1.807, 2.05) is 30.0 Å². The van der Waals surface area contributed by atoms with Crippen LogP contribution in [0.4, 0.5) is 5.69 Å². The number of nitrogens with one attached hydrogen (secondary N) is 1. The van der Waals surface area contributed by atoms with Crippen molar-refractivity contribution in [2.45, 2.75) is 24.5 Å². The Morgan fingerprint density at radius 2 is 1.66 bits per heavy atom. The average Bonchev–Trinajstić information content (AvgIpc) is 2.77. The van der Waals surface area contributed by atoms with Crippen LogP contribution in [0, 0.1) is 13.8 Å². The number of aryl methyl sites for hydroxylation is 2. The van der Waals surface area contributed by atoms with Crippen molar-refractivity contribution in [2.75, 3.05) is 11.0 Å². The maximum atomic E-state index is 11.6. The van der Waals surface area contributed by atoms with Gasteiger partial charge in [-0.05, 0) is 71.5 Å². The molecule has 3 aromatic rings. The van der Waals surface area contributed by atoms with E-state index >= 15 is 0 Å². The van der Waals surface area contributed by atoms with E-state index in [9.17, 15) is 8.42 Å². The Balaban J connectivity index is 1.89. The standard InChI is InChI=1S/C24H23NO2S2/c1-16-7-9-21-19(11-16)15-28-24-12-17(2)8-10-22(24)23(21)14-18-5-4-6-20(13-18)25-29(3,26)27/h4-14,25H,15H2,1-3H3/b23-14-. The van der Waals surface area contributed by atoms with Crippen molar-refractivity contribution in [2.24, 2.45) is 0 Å². The van der Waals surface area contributed by atoms with E-state index in [4.69, 9.17) is 0 Å². The maximum absolute atomic E-state index is 11.6. The lowest BCUT2D eigenvalue weighted by Crippen LogP contribution is -2.09. The Kier molecular flexibility index (Phi) is 5.28. The van der Waals surface area contributed by atoms with Crippen LogP contribution in [0.3, 0.4) is 0 Å². The third-order valence-electron chi connectivity index (χ3n) is 4.86. The van der Waals surface area contributed by atoms with E-state index in [-0.39, 0.29) is 0 Å². The Morgan fingerprint density at radius 3 is 2.41 bits per heavy atom. The minimum absolute atomic E-state index is 0.568. The molecule has 0 saturated carbocycles. The highest BCUT2D eigenvalue weighted by Gasteiger charge is 2.19. The van der Waals surface area contributed by atoms with Gasteiger partial charge in [-0.15, -0.1) is 11.8 Å². The molecule has 0 spiro atoms. The first-order valence-electron chi connectivity index (χ1n) is 9.42. The van der Waals surface area contributed by atoms with Gasteiger partial charge >= 0.3 is 0 Å². The van der Waals surface area contributed by atoms with Gasteiger partial charge in [-0.25, -0.2) is 8.42 Å². The number of anilines is 1. The fourth-order valence-electron chi connectivity index (χ4n) is 3.60. The van der Waals surface area contributed by atoms with E-state index in [0.717, 1.165) is 23.1 Å². The molecule has 1 heterocycles. The summed E-state index contributed by atoms with van der Waals surface area (Å²) in [5.74, 6) is 0.931. The Bertz CT molecular complexity index is 1170. The molecule has 0 aliphatic carbocycles. The summed E-state index contributed by atoms with van der Waals surface area (Å²) in [6.45, 7) is 4.24. The molecule has 0 unspecified atom stereocenters. The average molecular weight is 422 g/mol. The second-order valence-corrected chi connectivity index (χ2v) is 10.3. The molecule has 0 fully saturated rings. The number of thioether (sulfide) groups is 1. The highest BCUT2D eigenvalue weighted by Crippen LogP contribution is 2.41. The number of benzene rings is 3. The normalized spacial score (nSPS) is 14.8. The van der Waals surface area contributed by atoms with E-state index in [1.54, 1.807) is 6.07 Å². The molecule has 1 aliphatic heterocycles. The van der Waals surface area contributed by atoms with Gasteiger partial charge in [0.2, 0.25) is 10.0 Å². The summed E-state index contributed by atoms with van der Waals surface area (Å²) in [6, 6.07) is 20.7. The molecule has 0 amide bonds. The molecule has 5 heteroatoms. The fourth-order valence-corrected chi connectivity index (χ4v) is 5.31. The Morgan fingerprint density at radius 1 is 0.931 bits per heavy atom. The van der Waals surface area contributed by atoms with Gasteiger partial charge in [-0.1, -0.05) is 48.0 Å². The highest BCUT2D eigenvalue weighted by atomic mass is 32.2. The predicted molar refractivity (Wildman–Crippen MR) is 124 cm³/mol. The van der Waals surface area contributed by atoms with Crippen LogP contribution in [-0.4, -0.2) is 14.7 Å². The second kappa shape index (κ2) is 7.73. The van der Waals surface area contributed by atoms with Crippen LogP contribution in [-0.2, 0) is 15.8 Å². The number of hydrogen-bond donors (Lipinski definition) is 1. The van der Waals surface area contributed by atoms with Gasteiger partial charge in [0.05, 0.1) is 6.26 Å². The Labute approximate surface area is 176 Å². The quantitative estimate of drug-likeness (QED) is 0.575. The van der Waals surface area contributed by atoms with Crippen LogP contribution in [0.5, 0.6) is 0 Å². The van der Waals surface area contributed by atoms with Crippen LogP contribution < -0.4 is 4.72 Å². The molecule has 0 atom stereocenters. The fraction of sp³-hybridized carbons (Fsp3) is 0.167. The number of hydrogen-bond acceptors (Lipinski definition) is 3. The van der Waals surface area contributed by atoms with Crippen molar-refractivity contribution >= 4 is 39.1 Å². The van der Waals surface area contributed by atoms with Gasteiger partial charge in [0.25, 0.3) is 0 Å². The van der Waals surface area contributed by atoms with Crippen molar-refractivity contribution < 1.29 is 8.42 Å². The molecule has 29 heavy (non-hydrogen) atoms. The van der Waals surface area contributed by atoms with E-state index in [2.05, 4.69) is 61.0 Å². The third kappa shape index (κ3) is 4.57. The molecular formula is C24H23NO2S2. The van der Waals surface area contributed by atoms with Crippen LogP contribution in [0.1, 0.15) is 33.4 Å². The maximum Gasteiger partial charge on any atom is 0.229 e. The zero-order chi connectivity index (χ0) is 20.6. The molecule has 0 bridgehead atoms. The van der Waals surface area contributed by atoms with Crippen LogP contribution in [0.25, 0.3) is 11.6 Å². The second-order valence-electron chi connectivity index (χ2n) is 7.51. The molecule has 1 aliphatic rings. The highest BCUT2D eigenvalue weighted by molar-refractivity contribution is 7.98. The number of fused-ring (bicyclic) bond motifs is 2. The summed E-state index contributed by atoms with van der Waals surface area (Å²) in [7, 11) is -3.31. The van der Waals surface area contributed by atoms with Gasteiger partial charge < -0.3 is 0 Å². The van der Waals surface area contributed by atoms with Gasteiger partial charge in [-0.3, -0.25) is 4.72 Å². The molecule has 0 aromatic heterocycles. The van der Waals surface area contributed by atoms with Gasteiger partial charge in [0, 0.05) is 16.3 Å². The molecule has 0 saturated heterocycles. The zero-order valence-corrected chi connectivity index (χ0v) is 18.3. The van der Waals surface area contributed by atoms with Crippen molar-refractivity contribution in [1.29, 1.82) is 0 Å². The summed E-state index contributed by atoms with van der Waals surface area (Å²) in [4.78, 5) is 1.27. The molecule has 0 radical (unpaired) electrons.